The van der Waals surface area contributed by atoms with Gasteiger partial charge in [-0.3, -0.25) is 0 Å². The van der Waals surface area contributed by atoms with Gasteiger partial charge in [-0.05, 0) is 64.0 Å². The van der Waals surface area contributed by atoms with Crippen LogP contribution in [-0.2, 0) is 0 Å². The minimum Gasteiger partial charge on any atom is -0.309 e. The summed E-state index contributed by atoms with van der Waals surface area (Å²) < 4.78 is 4.94. The van der Waals surface area contributed by atoms with Crippen LogP contribution >= 0.6 is 0 Å². The molecule has 0 atom stereocenters. The van der Waals surface area contributed by atoms with Crippen LogP contribution in [0.4, 0.5) is 0 Å². The maximum atomic E-state index is 5.14. The minimum atomic E-state index is 0.636. The summed E-state index contributed by atoms with van der Waals surface area (Å²) in [6, 6.07) is 75.8. The quantitative estimate of drug-likeness (QED) is 0.174. The van der Waals surface area contributed by atoms with Gasteiger partial charge in [-0.2, -0.15) is 0 Å². The molecule has 0 aliphatic rings. The molecule has 0 aliphatic heterocycles. The fraction of sp³-hybridized carbons (Fsp3) is 0. The second kappa shape index (κ2) is 13.6. The molecule has 0 N–H and O–H groups in total. The SMILES string of the molecule is c1ccc(-c2nc(-c3ccccc3)nc(-c3ccc(-n4c5ccccc5c5cc6c7ccc8ccccc8c7n(-c7ccc8ccccc8c7)c6cc54)c4ccccc34)n2)cc1. The van der Waals surface area contributed by atoms with Gasteiger partial charge >= 0.3 is 0 Å². The first kappa shape index (κ1) is 34.5. The largest absolute Gasteiger partial charge is 0.309 e. The number of rotatable bonds is 5. The Labute approximate surface area is 356 Å². The van der Waals surface area contributed by atoms with Crippen LogP contribution in [0.15, 0.2) is 212 Å². The minimum absolute atomic E-state index is 0.636. The van der Waals surface area contributed by atoms with Crippen molar-refractivity contribution in [1.29, 1.82) is 0 Å². The molecular weight excluding hydrogens is 755 g/mol. The normalized spacial score (nSPS) is 11.9. The smallest absolute Gasteiger partial charge is 0.164 e. The summed E-state index contributed by atoms with van der Waals surface area (Å²) in [5.41, 5.74) is 9.74. The molecule has 0 bridgehead atoms. The molecule has 3 aromatic heterocycles. The molecule has 62 heavy (non-hydrogen) atoms. The van der Waals surface area contributed by atoms with Crippen LogP contribution in [0.2, 0.25) is 0 Å². The van der Waals surface area contributed by atoms with Gasteiger partial charge in [0.15, 0.2) is 17.5 Å². The average Bonchev–Trinajstić information content (AvgIpc) is 3.85. The van der Waals surface area contributed by atoms with E-state index in [1.54, 1.807) is 0 Å². The van der Waals surface area contributed by atoms with Gasteiger partial charge in [0, 0.05) is 54.7 Å². The lowest BCUT2D eigenvalue weighted by molar-refractivity contribution is 1.08. The first-order valence-corrected chi connectivity index (χ1v) is 21.0. The second-order valence-corrected chi connectivity index (χ2v) is 16.0. The molecule has 0 spiro atoms. The van der Waals surface area contributed by atoms with Crippen LogP contribution in [0.25, 0.3) is 121 Å². The summed E-state index contributed by atoms with van der Waals surface area (Å²) in [5.74, 6) is 1.92. The van der Waals surface area contributed by atoms with Gasteiger partial charge in [-0.1, -0.05) is 170 Å². The Balaban J connectivity index is 1.09. The van der Waals surface area contributed by atoms with E-state index in [9.17, 15) is 0 Å². The van der Waals surface area contributed by atoms with Crippen molar-refractivity contribution in [1.82, 2.24) is 24.1 Å². The summed E-state index contributed by atoms with van der Waals surface area (Å²) in [6.07, 6.45) is 0. The molecule has 0 saturated heterocycles. The standard InChI is InChI=1S/C57H35N5/c1-3-17-38(18-4-1)55-58-56(39-19-5-2-6-20-39)60-57(59-55)47-31-32-51(44-24-12-11-23-43(44)47)62-50-26-14-13-25-45(50)48-34-49-46-30-28-37-16-9-10-22-42(37)54(46)61(52(49)35-53(48)62)41-29-27-36-15-7-8-21-40(36)33-41/h1-35H. The monoisotopic (exact) mass is 789 g/mol. The number of aromatic nitrogens is 5. The van der Waals surface area contributed by atoms with Gasteiger partial charge in [0.1, 0.15) is 0 Å². The van der Waals surface area contributed by atoms with Gasteiger partial charge < -0.3 is 9.13 Å². The van der Waals surface area contributed by atoms with Crippen molar-refractivity contribution in [3.63, 3.8) is 0 Å². The fourth-order valence-corrected chi connectivity index (χ4v) is 9.68. The van der Waals surface area contributed by atoms with Crippen LogP contribution in [0, 0.1) is 0 Å². The van der Waals surface area contributed by atoms with Crippen molar-refractivity contribution >= 4 is 75.9 Å². The zero-order chi connectivity index (χ0) is 40.7. The molecule has 5 nitrogen and oxygen atoms in total. The second-order valence-electron chi connectivity index (χ2n) is 16.0. The van der Waals surface area contributed by atoms with Crippen molar-refractivity contribution in [3.05, 3.63) is 212 Å². The van der Waals surface area contributed by atoms with Crippen LogP contribution in [0.1, 0.15) is 0 Å². The van der Waals surface area contributed by atoms with E-state index in [0.29, 0.717) is 17.5 Å². The van der Waals surface area contributed by atoms with Crippen molar-refractivity contribution in [2.45, 2.75) is 0 Å². The van der Waals surface area contributed by atoms with E-state index < -0.39 is 0 Å². The lowest BCUT2D eigenvalue weighted by Gasteiger charge is -2.15. The van der Waals surface area contributed by atoms with E-state index in [2.05, 4.69) is 185 Å². The number of hydrogen-bond donors (Lipinski definition) is 0. The van der Waals surface area contributed by atoms with Gasteiger partial charge in [-0.15, -0.1) is 0 Å². The van der Waals surface area contributed by atoms with E-state index in [1.807, 2.05) is 36.4 Å². The predicted octanol–water partition coefficient (Wildman–Crippen LogP) is 14.5. The molecule has 0 unspecified atom stereocenters. The van der Waals surface area contributed by atoms with E-state index in [0.717, 1.165) is 55.4 Å². The Bertz CT molecular complexity index is 3860. The molecule has 13 rings (SSSR count). The molecule has 10 aromatic carbocycles. The van der Waals surface area contributed by atoms with Crippen molar-refractivity contribution in [2.24, 2.45) is 0 Å². The highest BCUT2D eigenvalue weighted by Crippen LogP contribution is 2.43. The van der Waals surface area contributed by atoms with E-state index >= 15 is 0 Å². The summed E-state index contributed by atoms with van der Waals surface area (Å²) in [6.45, 7) is 0. The maximum absolute atomic E-state index is 5.14. The van der Waals surface area contributed by atoms with Crippen molar-refractivity contribution < 1.29 is 0 Å². The molecule has 0 aliphatic carbocycles. The molecular formula is C57H35N5. The number of fused-ring (bicyclic) bond motifs is 10. The van der Waals surface area contributed by atoms with Crippen LogP contribution in [0.3, 0.4) is 0 Å². The summed E-state index contributed by atoms with van der Waals surface area (Å²) in [4.78, 5) is 15.3. The zero-order valence-corrected chi connectivity index (χ0v) is 33.4. The number of benzene rings is 10. The molecule has 0 fully saturated rings. The highest BCUT2D eigenvalue weighted by molar-refractivity contribution is 6.23. The van der Waals surface area contributed by atoms with Crippen molar-refractivity contribution in [2.75, 3.05) is 0 Å². The van der Waals surface area contributed by atoms with Crippen LogP contribution < -0.4 is 0 Å². The van der Waals surface area contributed by atoms with E-state index in [4.69, 9.17) is 15.0 Å². The van der Waals surface area contributed by atoms with Gasteiger partial charge in [0.05, 0.1) is 27.8 Å². The fourth-order valence-electron chi connectivity index (χ4n) is 9.68. The van der Waals surface area contributed by atoms with E-state index in [1.165, 1.54) is 48.6 Å². The predicted molar refractivity (Wildman–Crippen MR) is 257 cm³/mol. The van der Waals surface area contributed by atoms with Gasteiger partial charge in [0.25, 0.3) is 0 Å². The molecule has 0 amide bonds. The Kier molecular flexibility index (Phi) is 7.54. The Morgan fingerprint density at radius 1 is 0.290 bits per heavy atom. The molecule has 0 saturated carbocycles. The van der Waals surface area contributed by atoms with Crippen LogP contribution in [0.5, 0.6) is 0 Å². The summed E-state index contributed by atoms with van der Waals surface area (Å²) in [7, 11) is 0. The third-order valence-electron chi connectivity index (χ3n) is 12.5. The summed E-state index contributed by atoms with van der Waals surface area (Å²) in [5, 5.41) is 12.0. The number of hydrogen-bond acceptors (Lipinski definition) is 3. The lowest BCUT2D eigenvalue weighted by atomic mass is 10.0. The van der Waals surface area contributed by atoms with Crippen molar-refractivity contribution in [3.8, 4) is 45.5 Å². The molecule has 5 heteroatoms. The first-order valence-electron chi connectivity index (χ1n) is 21.0. The zero-order valence-electron chi connectivity index (χ0n) is 33.4. The maximum Gasteiger partial charge on any atom is 0.164 e. The Hall–Kier alpha value is -8.41. The molecule has 0 radical (unpaired) electrons. The van der Waals surface area contributed by atoms with Gasteiger partial charge in [-0.25, -0.2) is 15.0 Å². The third kappa shape index (κ3) is 5.25. The third-order valence-corrected chi connectivity index (χ3v) is 12.5. The molecule has 288 valence electrons. The lowest BCUT2D eigenvalue weighted by Crippen LogP contribution is -2.01. The Morgan fingerprint density at radius 3 is 1.61 bits per heavy atom. The van der Waals surface area contributed by atoms with E-state index in [-0.39, 0.29) is 0 Å². The first-order chi connectivity index (χ1) is 30.7. The Morgan fingerprint density at radius 2 is 0.855 bits per heavy atom. The van der Waals surface area contributed by atoms with Crippen LogP contribution in [-0.4, -0.2) is 24.1 Å². The number of nitrogens with zero attached hydrogens (tertiary/aromatic N) is 5. The van der Waals surface area contributed by atoms with Gasteiger partial charge in [0.2, 0.25) is 0 Å². The topological polar surface area (TPSA) is 48.5 Å². The highest BCUT2D eigenvalue weighted by atomic mass is 15.0. The molecule has 3 heterocycles. The number of para-hydroxylation sites is 1. The summed E-state index contributed by atoms with van der Waals surface area (Å²) >= 11 is 0. The highest BCUT2D eigenvalue weighted by Gasteiger charge is 2.22. The average molecular weight is 790 g/mol. The molecule has 13 aromatic rings.